The van der Waals surface area contributed by atoms with Gasteiger partial charge in [-0.3, -0.25) is 10.6 Å². The molecule has 0 saturated carbocycles. The molecule has 3 aromatic rings. The van der Waals surface area contributed by atoms with Crippen LogP contribution in [0.2, 0.25) is 0 Å². The molecule has 0 bridgehead atoms. The van der Waals surface area contributed by atoms with E-state index in [0.717, 1.165) is 5.56 Å². The summed E-state index contributed by atoms with van der Waals surface area (Å²) in [5, 5.41) is 22.8. The van der Waals surface area contributed by atoms with Crippen LogP contribution in [-0.4, -0.2) is 20.9 Å². The molecule has 0 fully saturated rings. The fourth-order valence-electron chi connectivity index (χ4n) is 2.12. The Kier molecular flexibility index (Phi) is 4.44. The number of nitrogens with one attached hydrogen (secondary N) is 1. The van der Waals surface area contributed by atoms with Gasteiger partial charge >= 0.3 is 0 Å². The highest BCUT2D eigenvalue weighted by atomic mass is 16.5. The number of hydroxylamine groups is 1. The van der Waals surface area contributed by atoms with Crippen LogP contribution in [0, 0.1) is 5.41 Å². The third-order valence-electron chi connectivity index (χ3n) is 3.33. The highest BCUT2D eigenvalue weighted by molar-refractivity contribution is 5.92. The molecule has 0 aliphatic rings. The lowest BCUT2D eigenvalue weighted by Crippen LogP contribution is -2.32. The van der Waals surface area contributed by atoms with Crippen molar-refractivity contribution < 1.29 is 9.94 Å². The van der Waals surface area contributed by atoms with Gasteiger partial charge in [-0.2, -0.15) is 10.2 Å². The molecule has 4 N–H and O–H groups in total. The third kappa shape index (κ3) is 3.53. The van der Waals surface area contributed by atoms with Crippen molar-refractivity contribution in [2.75, 3.05) is 10.8 Å². The summed E-state index contributed by atoms with van der Waals surface area (Å²) < 4.78 is 6.90. The number of rotatable bonds is 4. The number of nitrogens with zero attached hydrogens (tertiary/aromatic N) is 3. The average molecular weight is 323 g/mol. The van der Waals surface area contributed by atoms with Crippen molar-refractivity contribution in [3.05, 3.63) is 72.6 Å². The summed E-state index contributed by atoms with van der Waals surface area (Å²) in [7, 11) is 0. The number of benzene rings is 2. The fraction of sp³-hybridized carbons (Fsp3) is 0.0588. The second kappa shape index (κ2) is 6.84. The lowest BCUT2D eigenvalue weighted by Gasteiger charge is -2.18. The zero-order valence-electron chi connectivity index (χ0n) is 12.8. The Hall–Kier alpha value is -3.32. The molecular formula is C17H17N5O2. The SMILES string of the molecule is N=C(N(O)c1cccc(OCc2ccccc2)c1)n1cc(N)cn1. The third-order valence-corrected chi connectivity index (χ3v) is 3.33. The summed E-state index contributed by atoms with van der Waals surface area (Å²) >= 11 is 0. The first-order valence-electron chi connectivity index (χ1n) is 7.28. The Labute approximate surface area is 139 Å². The van der Waals surface area contributed by atoms with Gasteiger partial charge in [-0.05, 0) is 17.7 Å². The molecule has 0 unspecified atom stereocenters. The molecule has 0 saturated heterocycles. The van der Waals surface area contributed by atoms with E-state index in [4.69, 9.17) is 15.9 Å². The molecule has 2 aromatic carbocycles. The van der Waals surface area contributed by atoms with Crippen molar-refractivity contribution >= 4 is 17.3 Å². The normalized spacial score (nSPS) is 10.4. The molecule has 1 aromatic heterocycles. The standard InChI is InChI=1S/C17H17N5O2/c18-14-10-20-21(11-14)17(19)22(23)15-7-4-8-16(9-15)24-12-13-5-2-1-3-6-13/h1-11,19,23H,12,18H2. The molecule has 0 radical (unpaired) electrons. The Bertz CT molecular complexity index is 832. The van der Waals surface area contributed by atoms with Crippen LogP contribution >= 0.6 is 0 Å². The van der Waals surface area contributed by atoms with E-state index in [-0.39, 0.29) is 5.96 Å². The van der Waals surface area contributed by atoms with E-state index in [2.05, 4.69) is 5.10 Å². The van der Waals surface area contributed by atoms with E-state index in [1.54, 1.807) is 24.3 Å². The highest BCUT2D eigenvalue weighted by Crippen LogP contribution is 2.21. The first-order valence-corrected chi connectivity index (χ1v) is 7.28. The number of anilines is 2. The smallest absolute Gasteiger partial charge is 0.248 e. The zero-order chi connectivity index (χ0) is 16.9. The van der Waals surface area contributed by atoms with Gasteiger partial charge in [0.15, 0.2) is 0 Å². The van der Waals surface area contributed by atoms with Crippen molar-refractivity contribution in [2.24, 2.45) is 0 Å². The van der Waals surface area contributed by atoms with Crippen molar-refractivity contribution in [3.63, 3.8) is 0 Å². The van der Waals surface area contributed by atoms with E-state index < -0.39 is 0 Å². The Morgan fingerprint density at radius 3 is 2.71 bits per heavy atom. The molecule has 0 atom stereocenters. The molecule has 7 nitrogen and oxygen atoms in total. The minimum absolute atomic E-state index is 0.244. The largest absolute Gasteiger partial charge is 0.489 e. The summed E-state index contributed by atoms with van der Waals surface area (Å²) in [6.45, 7) is 0.420. The number of ether oxygens (including phenoxy) is 1. The predicted octanol–water partition coefficient (Wildman–Crippen LogP) is 2.72. The molecule has 122 valence electrons. The minimum atomic E-state index is -0.244. The molecule has 1 heterocycles. The van der Waals surface area contributed by atoms with Gasteiger partial charge in [-0.15, -0.1) is 0 Å². The van der Waals surface area contributed by atoms with Gasteiger partial charge < -0.3 is 10.5 Å². The van der Waals surface area contributed by atoms with Gasteiger partial charge in [-0.25, -0.2) is 4.68 Å². The second-order valence-electron chi connectivity index (χ2n) is 5.13. The molecule has 0 spiro atoms. The molecule has 3 rings (SSSR count). The van der Waals surface area contributed by atoms with Crippen LogP contribution in [0.15, 0.2) is 67.0 Å². The molecule has 0 aliphatic heterocycles. The number of nitrogen functional groups attached to an aromatic ring is 1. The van der Waals surface area contributed by atoms with Crippen molar-refractivity contribution in [3.8, 4) is 5.75 Å². The van der Waals surface area contributed by atoms with Crippen molar-refractivity contribution in [1.82, 2.24) is 9.78 Å². The van der Waals surface area contributed by atoms with Crippen LogP contribution in [0.5, 0.6) is 5.75 Å². The van der Waals surface area contributed by atoms with Gasteiger partial charge in [0.1, 0.15) is 12.4 Å². The van der Waals surface area contributed by atoms with Gasteiger partial charge in [-0.1, -0.05) is 36.4 Å². The Morgan fingerprint density at radius 1 is 1.21 bits per heavy atom. The lowest BCUT2D eigenvalue weighted by atomic mass is 10.2. The van der Waals surface area contributed by atoms with E-state index in [9.17, 15) is 5.21 Å². The van der Waals surface area contributed by atoms with E-state index in [1.807, 2.05) is 30.3 Å². The van der Waals surface area contributed by atoms with Crippen LogP contribution in [0.25, 0.3) is 0 Å². The number of hydrogen-bond donors (Lipinski definition) is 3. The molecule has 0 amide bonds. The first-order chi connectivity index (χ1) is 11.6. The molecule has 24 heavy (non-hydrogen) atoms. The second-order valence-corrected chi connectivity index (χ2v) is 5.13. The maximum absolute atomic E-state index is 10.2. The lowest BCUT2D eigenvalue weighted by molar-refractivity contribution is 0.297. The maximum atomic E-state index is 10.2. The van der Waals surface area contributed by atoms with Gasteiger partial charge in [0, 0.05) is 6.07 Å². The zero-order valence-corrected chi connectivity index (χ0v) is 12.8. The number of nitrogens with two attached hydrogens (primary N) is 1. The van der Waals surface area contributed by atoms with Gasteiger partial charge in [0.25, 0.3) is 0 Å². The topological polar surface area (TPSA) is 100 Å². The van der Waals surface area contributed by atoms with E-state index in [0.29, 0.717) is 28.8 Å². The summed E-state index contributed by atoms with van der Waals surface area (Å²) in [6, 6.07) is 16.6. The average Bonchev–Trinajstić information content (AvgIpc) is 3.06. The van der Waals surface area contributed by atoms with Crippen LogP contribution in [0.1, 0.15) is 5.56 Å². The molecule has 7 heteroatoms. The van der Waals surface area contributed by atoms with Crippen LogP contribution in [0.3, 0.4) is 0 Å². The summed E-state index contributed by atoms with van der Waals surface area (Å²) in [6.07, 6.45) is 2.85. The van der Waals surface area contributed by atoms with Gasteiger partial charge in [0.05, 0.1) is 23.8 Å². The summed E-state index contributed by atoms with van der Waals surface area (Å²) in [5.41, 5.74) is 7.42. The minimum Gasteiger partial charge on any atom is -0.489 e. The Morgan fingerprint density at radius 2 is 2.00 bits per heavy atom. The number of aromatic nitrogens is 2. The van der Waals surface area contributed by atoms with E-state index >= 15 is 0 Å². The summed E-state index contributed by atoms with van der Waals surface area (Å²) in [4.78, 5) is 0. The van der Waals surface area contributed by atoms with Crippen molar-refractivity contribution in [2.45, 2.75) is 6.61 Å². The highest BCUT2D eigenvalue weighted by Gasteiger charge is 2.13. The van der Waals surface area contributed by atoms with E-state index in [1.165, 1.54) is 17.1 Å². The van der Waals surface area contributed by atoms with Gasteiger partial charge in [0.2, 0.25) is 5.96 Å². The first kappa shape index (κ1) is 15.6. The predicted molar refractivity (Wildman–Crippen MR) is 91.2 cm³/mol. The summed E-state index contributed by atoms with van der Waals surface area (Å²) in [5.74, 6) is 0.343. The maximum Gasteiger partial charge on any atom is 0.248 e. The number of hydrogen-bond acceptors (Lipinski definition) is 5. The molecular weight excluding hydrogens is 306 g/mol. The fourth-order valence-corrected chi connectivity index (χ4v) is 2.12. The quantitative estimate of drug-likeness (QED) is 0.389. The Balaban J connectivity index is 1.71. The molecule has 0 aliphatic carbocycles. The van der Waals surface area contributed by atoms with Crippen LogP contribution in [0.4, 0.5) is 11.4 Å². The van der Waals surface area contributed by atoms with Crippen LogP contribution in [-0.2, 0) is 6.61 Å². The monoisotopic (exact) mass is 323 g/mol. The van der Waals surface area contributed by atoms with Crippen LogP contribution < -0.4 is 15.5 Å². The van der Waals surface area contributed by atoms with Crippen molar-refractivity contribution in [1.29, 1.82) is 5.41 Å².